The quantitative estimate of drug-likeness (QED) is 0.773. The van der Waals surface area contributed by atoms with E-state index in [2.05, 4.69) is 41.1 Å². The van der Waals surface area contributed by atoms with Crippen LogP contribution in [0.5, 0.6) is 0 Å². The van der Waals surface area contributed by atoms with Crippen LogP contribution in [0.1, 0.15) is 24.1 Å². The van der Waals surface area contributed by atoms with Gasteiger partial charge >= 0.3 is 0 Å². The molecule has 0 amide bonds. The normalized spacial score (nSPS) is 27.0. The van der Waals surface area contributed by atoms with E-state index < -0.39 is 0 Å². The van der Waals surface area contributed by atoms with Crippen LogP contribution in [0.25, 0.3) is 0 Å². The summed E-state index contributed by atoms with van der Waals surface area (Å²) in [5.41, 5.74) is 8.80. The van der Waals surface area contributed by atoms with Gasteiger partial charge in [-0.2, -0.15) is 11.8 Å². The van der Waals surface area contributed by atoms with Crippen molar-refractivity contribution in [2.45, 2.75) is 24.0 Å². The van der Waals surface area contributed by atoms with Gasteiger partial charge in [0, 0.05) is 21.5 Å². The van der Waals surface area contributed by atoms with Crippen molar-refractivity contribution in [2.75, 3.05) is 0 Å². The summed E-state index contributed by atoms with van der Waals surface area (Å²) < 4.78 is 1.19. The van der Waals surface area contributed by atoms with Gasteiger partial charge in [0.25, 0.3) is 0 Å². The average molecular weight is 258 g/mol. The van der Waals surface area contributed by atoms with Crippen molar-refractivity contribution in [1.29, 1.82) is 0 Å². The van der Waals surface area contributed by atoms with Gasteiger partial charge in [-0.3, -0.25) is 0 Å². The van der Waals surface area contributed by atoms with Crippen LogP contribution in [-0.2, 0) is 5.75 Å². The summed E-state index contributed by atoms with van der Waals surface area (Å²) in [6, 6.07) is 6.47. The highest BCUT2D eigenvalue weighted by Crippen LogP contribution is 2.38. The SMILES string of the molecule is CC1SCc2c(Br)cccc2C1N. The molecule has 2 N–H and O–H groups in total. The summed E-state index contributed by atoms with van der Waals surface area (Å²) in [4.78, 5) is 0. The number of hydrogen-bond acceptors (Lipinski definition) is 2. The van der Waals surface area contributed by atoms with E-state index in [1.807, 2.05) is 11.8 Å². The second-order valence-electron chi connectivity index (χ2n) is 3.35. The van der Waals surface area contributed by atoms with E-state index >= 15 is 0 Å². The third kappa shape index (κ3) is 1.65. The molecule has 1 aromatic carbocycles. The fourth-order valence-corrected chi connectivity index (χ4v) is 3.42. The van der Waals surface area contributed by atoms with Crippen molar-refractivity contribution in [3.63, 3.8) is 0 Å². The van der Waals surface area contributed by atoms with Gasteiger partial charge in [0.1, 0.15) is 0 Å². The third-order valence-corrected chi connectivity index (χ3v) is 4.53. The minimum Gasteiger partial charge on any atom is -0.323 e. The molecule has 1 nitrogen and oxygen atoms in total. The lowest BCUT2D eigenvalue weighted by atomic mass is 9.99. The molecule has 1 heterocycles. The Balaban J connectivity index is 2.49. The molecule has 0 radical (unpaired) electrons. The van der Waals surface area contributed by atoms with Crippen molar-refractivity contribution in [3.8, 4) is 0 Å². The summed E-state index contributed by atoms with van der Waals surface area (Å²) >= 11 is 5.49. The van der Waals surface area contributed by atoms with Crippen molar-refractivity contribution < 1.29 is 0 Å². The first-order valence-electron chi connectivity index (χ1n) is 4.34. The second kappa shape index (κ2) is 3.64. The average Bonchev–Trinajstić information content (AvgIpc) is 2.12. The molecule has 0 saturated carbocycles. The molecule has 2 atom stereocenters. The van der Waals surface area contributed by atoms with Gasteiger partial charge in [0.05, 0.1) is 0 Å². The molecular formula is C10H12BrNS. The van der Waals surface area contributed by atoms with Gasteiger partial charge in [-0.25, -0.2) is 0 Å². The largest absolute Gasteiger partial charge is 0.323 e. The van der Waals surface area contributed by atoms with E-state index in [9.17, 15) is 0 Å². The number of fused-ring (bicyclic) bond motifs is 1. The molecule has 1 aliphatic rings. The zero-order valence-corrected chi connectivity index (χ0v) is 9.86. The maximum Gasteiger partial charge on any atom is 0.0416 e. The molecule has 0 bridgehead atoms. The number of benzene rings is 1. The monoisotopic (exact) mass is 257 g/mol. The van der Waals surface area contributed by atoms with E-state index in [4.69, 9.17) is 5.73 Å². The van der Waals surface area contributed by atoms with Crippen LogP contribution in [0, 0.1) is 0 Å². The molecule has 1 aromatic rings. The lowest BCUT2D eigenvalue weighted by molar-refractivity contribution is 0.697. The first-order valence-corrected chi connectivity index (χ1v) is 6.19. The lowest BCUT2D eigenvalue weighted by Crippen LogP contribution is -2.26. The molecule has 13 heavy (non-hydrogen) atoms. The number of thioether (sulfide) groups is 1. The maximum atomic E-state index is 6.12. The molecular weight excluding hydrogens is 246 g/mol. The Labute approximate surface area is 91.2 Å². The smallest absolute Gasteiger partial charge is 0.0416 e. The van der Waals surface area contributed by atoms with E-state index in [-0.39, 0.29) is 6.04 Å². The molecule has 2 unspecified atom stereocenters. The summed E-state index contributed by atoms with van der Waals surface area (Å²) in [6.45, 7) is 2.19. The van der Waals surface area contributed by atoms with Gasteiger partial charge in [0.15, 0.2) is 0 Å². The second-order valence-corrected chi connectivity index (χ2v) is 5.57. The van der Waals surface area contributed by atoms with Crippen LogP contribution in [-0.4, -0.2) is 5.25 Å². The Kier molecular flexibility index (Phi) is 2.67. The minimum atomic E-state index is 0.186. The van der Waals surface area contributed by atoms with E-state index in [0.29, 0.717) is 5.25 Å². The van der Waals surface area contributed by atoms with Crippen molar-refractivity contribution >= 4 is 27.7 Å². The molecule has 3 heteroatoms. The Morgan fingerprint density at radius 1 is 1.54 bits per heavy atom. The molecule has 0 spiro atoms. The van der Waals surface area contributed by atoms with Gasteiger partial charge in [0.2, 0.25) is 0 Å². The zero-order valence-electron chi connectivity index (χ0n) is 7.46. The Morgan fingerprint density at radius 2 is 2.31 bits per heavy atom. The van der Waals surface area contributed by atoms with Gasteiger partial charge in [-0.15, -0.1) is 0 Å². The summed E-state index contributed by atoms with van der Waals surface area (Å²) in [5.74, 6) is 1.08. The van der Waals surface area contributed by atoms with Crippen molar-refractivity contribution in [3.05, 3.63) is 33.8 Å². The van der Waals surface area contributed by atoms with Crippen LogP contribution >= 0.6 is 27.7 Å². The molecule has 0 fully saturated rings. The number of hydrogen-bond donors (Lipinski definition) is 1. The third-order valence-electron chi connectivity index (χ3n) is 2.51. The van der Waals surface area contributed by atoms with Crippen LogP contribution in [0.4, 0.5) is 0 Å². The number of rotatable bonds is 0. The fourth-order valence-electron chi connectivity index (χ4n) is 1.61. The zero-order chi connectivity index (χ0) is 9.42. The van der Waals surface area contributed by atoms with Gasteiger partial charge < -0.3 is 5.73 Å². The van der Waals surface area contributed by atoms with E-state index in [0.717, 1.165) is 5.75 Å². The lowest BCUT2D eigenvalue weighted by Gasteiger charge is -2.28. The van der Waals surface area contributed by atoms with Gasteiger partial charge in [-0.1, -0.05) is 35.0 Å². The summed E-state index contributed by atoms with van der Waals surface area (Å²) in [7, 11) is 0. The Bertz CT molecular complexity index is 327. The van der Waals surface area contributed by atoms with Gasteiger partial charge in [-0.05, 0) is 17.2 Å². The maximum absolute atomic E-state index is 6.12. The van der Waals surface area contributed by atoms with E-state index in [1.165, 1.54) is 15.6 Å². The molecule has 2 rings (SSSR count). The Hall–Kier alpha value is 0.01000. The Morgan fingerprint density at radius 3 is 3.08 bits per heavy atom. The molecule has 0 aromatic heterocycles. The van der Waals surface area contributed by atoms with Crippen LogP contribution in [0.2, 0.25) is 0 Å². The van der Waals surface area contributed by atoms with Crippen molar-refractivity contribution in [1.82, 2.24) is 0 Å². The fraction of sp³-hybridized carbons (Fsp3) is 0.400. The minimum absolute atomic E-state index is 0.186. The van der Waals surface area contributed by atoms with Crippen LogP contribution in [0.3, 0.4) is 0 Å². The molecule has 70 valence electrons. The molecule has 1 aliphatic heterocycles. The summed E-state index contributed by atoms with van der Waals surface area (Å²) in [5, 5.41) is 0.529. The number of nitrogens with two attached hydrogens (primary N) is 1. The standard InChI is InChI=1S/C10H12BrNS/c1-6-10(12)7-3-2-4-9(11)8(7)5-13-6/h2-4,6,10H,5,12H2,1H3. The van der Waals surface area contributed by atoms with Crippen LogP contribution < -0.4 is 5.73 Å². The topological polar surface area (TPSA) is 26.0 Å². The highest BCUT2D eigenvalue weighted by Gasteiger charge is 2.24. The highest BCUT2D eigenvalue weighted by atomic mass is 79.9. The first kappa shape index (κ1) is 9.56. The molecule has 0 aliphatic carbocycles. The van der Waals surface area contributed by atoms with Crippen LogP contribution in [0.15, 0.2) is 22.7 Å². The van der Waals surface area contributed by atoms with E-state index in [1.54, 1.807) is 0 Å². The summed E-state index contributed by atoms with van der Waals surface area (Å²) in [6.07, 6.45) is 0. The predicted molar refractivity (Wildman–Crippen MR) is 61.8 cm³/mol. The first-order chi connectivity index (χ1) is 6.20. The van der Waals surface area contributed by atoms with Crippen molar-refractivity contribution in [2.24, 2.45) is 5.73 Å². The molecule has 0 saturated heterocycles. The number of halogens is 1. The highest BCUT2D eigenvalue weighted by molar-refractivity contribution is 9.10. The predicted octanol–water partition coefficient (Wildman–Crippen LogP) is 3.08.